The Morgan fingerprint density at radius 1 is 1.29 bits per heavy atom. The maximum Gasteiger partial charge on any atom is 0.331 e. The average Bonchev–Trinajstić information content (AvgIpc) is 3.18. The molecule has 0 unspecified atom stereocenters. The van der Waals surface area contributed by atoms with Crippen LogP contribution >= 0.6 is 15.9 Å². The summed E-state index contributed by atoms with van der Waals surface area (Å²) in [4.78, 5) is 26.1. The number of esters is 1. The van der Waals surface area contributed by atoms with Crippen LogP contribution in [0.5, 0.6) is 0 Å². The molecule has 1 aromatic carbocycles. The molecule has 0 bridgehead atoms. The number of amides is 1. The first-order valence-electron chi connectivity index (χ1n) is 7.58. The molecule has 2 heterocycles. The van der Waals surface area contributed by atoms with Crippen LogP contribution in [0.1, 0.15) is 18.2 Å². The van der Waals surface area contributed by atoms with Crippen LogP contribution < -0.4 is 4.90 Å². The van der Waals surface area contributed by atoms with E-state index in [1.807, 2.05) is 24.3 Å². The molecule has 0 N–H and O–H groups in total. The Labute approximate surface area is 148 Å². The van der Waals surface area contributed by atoms with Crippen molar-refractivity contribution in [2.24, 2.45) is 0 Å². The molecule has 0 radical (unpaired) electrons. The van der Waals surface area contributed by atoms with Gasteiger partial charge >= 0.3 is 5.97 Å². The molecule has 0 aliphatic carbocycles. The Kier molecular flexibility index (Phi) is 4.85. The SMILES string of the molecule is C[C@@H](OC(=O)/C=C/c1ccc(Br)o1)C(=O)N1CCc2ccccc21. The van der Waals surface area contributed by atoms with E-state index in [1.54, 1.807) is 24.0 Å². The van der Waals surface area contributed by atoms with Crippen LogP contribution in [0.25, 0.3) is 6.08 Å². The highest BCUT2D eigenvalue weighted by molar-refractivity contribution is 9.10. The highest BCUT2D eigenvalue weighted by Gasteiger charge is 2.29. The molecule has 1 aromatic heterocycles. The predicted octanol–water partition coefficient (Wildman–Crippen LogP) is 3.58. The van der Waals surface area contributed by atoms with Crippen LogP contribution in [0, 0.1) is 0 Å². The smallest absolute Gasteiger partial charge is 0.331 e. The first kappa shape index (κ1) is 16.5. The molecular formula is C18H16BrNO4. The van der Waals surface area contributed by atoms with Gasteiger partial charge in [0.2, 0.25) is 0 Å². The number of ether oxygens (including phenoxy) is 1. The predicted molar refractivity (Wildman–Crippen MR) is 93.5 cm³/mol. The van der Waals surface area contributed by atoms with Gasteiger partial charge in [-0.2, -0.15) is 0 Å². The summed E-state index contributed by atoms with van der Waals surface area (Å²) in [5.74, 6) is -0.287. The molecule has 124 valence electrons. The summed E-state index contributed by atoms with van der Waals surface area (Å²) in [6, 6.07) is 11.2. The summed E-state index contributed by atoms with van der Waals surface area (Å²) < 4.78 is 11.0. The molecule has 24 heavy (non-hydrogen) atoms. The van der Waals surface area contributed by atoms with Gasteiger partial charge in [0, 0.05) is 18.3 Å². The number of halogens is 1. The van der Waals surface area contributed by atoms with Crippen LogP contribution in [0.3, 0.4) is 0 Å². The third-order valence-electron chi connectivity index (χ3n) is 3.77. The first-order valence-corrected chi connectivity index (χ1v) is 8.37. The lowest BCUT2D eigenvalue weighted by molar-refractivity contribution is -0.149. The number of benzene rings is 1. The van der Waals surface area contributed by atoms with Crippen LogP contribution in [0.2, 0.25) is 0 Å². The largest absolute Gasteiger partial charge is 0.450 e. The van der Waals surface area contributed by atoms with Crippen LogP contribution in [0.4, 0.5) is 5.69 Å². The molecule has 0 spiro atoms. The van der Waals surface area contributed by atoms with Gasteiger partial charge in [0.25, 0.3) is 5.91 Å². The van der Waals surface area contributed by atoms with Crippen molar-refractivity contribution in [3.63, 3.8) is 0 Å². The second-order valence-electron chi connectivity index (χ2n) is 5.42. The first-order chi connectivity index (χ1) is 11.5. The molecule has 0 saturated heterocycles. The number of carbonyl (C=O) groups excluding carboxylic acids is 2. The minimum Gasteiger partial charge on any atom is -0.450 e. The molecule has 1 atom stereocenters. The van der Waals surface area contributed by atoms with Gasteiger partial charge in [-0.1, -0.05) is 18.2 Å². The Morgan fingerprint density at radius 2 is 2.08 bits per heavy atom. The summed E-state index contributed by atoms with van der Waals surface area (Å²) >= 11 is 3.18. The molecule has 6 heteroatoms. The molecule has 3 rings (SSSR count). The second-order valence-corrected chi connectivity index (χ2v) is 6.20. The average molecular weight is 390 g/mol. The van der Waals surface area contributed by atoms with E-state index in [4.69, 9.17) is 9.15 Å². The van der Waals surface area contributed by atoms with Gasteiger partial charge in [-0.3, -0.25) is 4.79 Å². The number of carbonyl (C=O) groups is 2. The van der Waals surface area contributed by atoms with Gasteiger partial charge < -0.3 is 14.1 Å². The molecular weight excluding hydrogens is 374 g/mol. The third kappa shape index (κ3) is 3.59. The zero-order valence-corrected chi connectivity index (χ0v) is 14.7. The van der Waals surface area contributed by atoms with E-state index < -0.39 is 12.1 Å². The van der Waals surface area contributed by atoms with Crippen LogP contribution in [0.15, 0.2) is 51.6 Å². The lowest BCUT2D eigenvalue weighted by Gasteiger charge is -2.21. The quantitative estimate of drug-likeness (QED) is 0.592. The number of nitrogens with zero attached hydrogens (tertiary/aromatic N) is 1. The van der Waals surface area contributed by atoms with Gasteiger partial charge in [0.1, 0.15) is 5.76 Å². The number of rotatable bonds is 4. The van der Waals surface area contributed by atoms with Crippen molar-refractivity contribution in [1.29, 1.82) is 0 Å². The van der Waals surface area contributed by atoms with Crippen molar-refractivity contribution in [2.75, 3.05) is 11.4 Å². The summed E-state index contributed by atoms with van der Waals surface area (Å²) in [6.45, 7) is 2.19. The molecule has 0 saturated carbocycles. The highest BCUT2D eigenvalue weighted by Crippen LogP contribution is 2.28. The minimum atomic E-state index is -0.850. The van der Waals surface area contributed by atoms with Crippen molar-refractivity contribution in [2.45, 2.75) is 19.4 Å². The van der Waals surface area contributed by atoms with Gasteiger partial charge in [-0.25, -0.2) is 4.79 Å². The summed E-state index contributed by atoms with van der Waals surface area (Å²) in [5, 5.41) is 0. The van der Waals surface area contributed by atoms with Gasteiger partial charge in [-0.05, 0) is 59.1 Å². The fourth-order valence-corrected chi connectivity index (χ4v) is 2.94. The molecule has 5 nitrogen and oxygen atoms in total. The monoisotopic (exact) mass is 389 g/mol. The van der Waals surface area contributed by atoms with E-state index in [2.05, 4.69) is 15.9 Å². The maximum atomic E-state index is 12.5. The van der Waals surface area contributed by atoms with E-state index in [1.165, 1.54) is 12.2 Å². The summed E-state index contributed by atoms with van der Waals surface area (Å²) in [7, 11) is 0. The normalized spacial score (nSPS) is 14.7. The number of para-hydroxylation sites is 1. The number of hydrogen-bond donors (Lipinski definition) is 0. The molecule has 1 aliphatic rings. The fraction of sp³-hybridized carbons (Fsp3) is 0.222. The van der Waals surface area contributed by atoms with E-state index in [0.717, 1.165) is 17.7 Å². The zero-order valence-electron chi connectivity index (χ0n) is 13.1. The van der Waals surface area contributed by atoms with E-state index in [0.29, 0.717) is 17.0 Å². The van der Waals surface area contributed by atoms with E-state index in [-0.39, 0.29) is 5.91 Å². The van der Waals surface area contributed by atoms with Gasteiger partial charge in [-0.15, -0.1) is 0 Å². The Balaban J connectivity index is 1.60. The van der Waals surface area contributed by atoms with Crippen LogP contribution in [-0.4, -0.2) is 24.5 Å². The van der Waals surface area contributed by atoms with Crippen LogP contribution in [-0.2, 0) is 20.7 Å². The van der Waals surface area contributed by atoms with E-state index >= 15 is 0 Å². The Hall–Kier alpha value is -2.34. The van der Waals surface area contributed by atoms with Gasteiger partial charge in [0.15, 0.2) is 10.8 Å². The second kappa shape index (κ2) is 7.05. The standard InChI is InChI=1S/C18H16BrNO4/c1-12(23-17(21)9-7-14-6-8-16(19)24-14)18(22)20-11-10-13-4-2-3-5-15(13)20/h2-9,12H,10-11H2,1H3/b9-7+/t12-/m1/s1. The third-order valence-corrected chi connectivity index (χ3v) is 4.20. The molecule has 1 aliphatic heterocycles. The molecule has 2 aromatic rings. The summed E-state index contributed by atoms with van der Waals surface area (Å²) in [6.07, 6.45) is 2.70. The maximum absolute atomic E-state index is 12.5. The Morgan fingerprint density at radius 3 is 2.83 bits per heavy atom. The number of anilines is 1. The minimum absolute atomic E-state index is 0.220. The molecule has 1 amide bonds. The fourth-order valence-electron chi connectivity index (χ4n) is 2.62. The molecule has 0 fully saturated rings. The van der Waals surface area contributed by atoms with Crippen molar-refractivity contribution in [1.82, 2.24) is 0 Å². The Bertz CT molecular complexity index is 796. The lowest BCUT2D eigenvalue weighted by Crippen LogP contribution is -2.38. The summed E-state index contributed by atoms with van der Waals surface area (Å²) in [5.41, 5.74) is 2.02. The number of hydrogen-bond acceptors (Lipinski definition) is 4. The van der Waals surface area contributed by atoms with Crippen molar-refractivity contribution >= 4 is 39.6 Å². The van der Waals surface area contributed by atoms with Crippen molar-refractivity contribution < 1.29 is 18.7 Å². The van der Waals surface area contributed by atoms with E-state index in [9.17, 15) is 9.59 Å². The zero-order chi connectivity index (χ0) is 17.1. The number of furan rings is 1. The number of fused-ring (bicyclic) bond motifs is 1. The lowest BCUT2D eigenvalue weighted by atomic mass is 10.2. The van der Waals surface area contributed by atoms with Gasteiger partial charge in [0.05, 0.1) is 0 Å². The van der Waals surface area contributed by atoms with Crippen molar-refractivity contribution in [3.8, 4) is 0 Å². The topological polar surface area (TPSA) is 59.8 Å². The highest BCUT2D eigenvalue weighted by atomic mass is 79.9. The van der Waals surface area contributed by atoms with Crippen molar-refractivity contribution in [3.05, 3.63) is 58.5 Å².